The Kier molecular flexibility index (Phi) is 10.3. The molecule has 1 heterocycles. The summed E-state index contributed by atoms with van der Waals surface area (Å²) in [7, 11) is 0. The number of carbonyl (C=O) groups is 2. The molecule has 42 heavy (non-hydrogen) atoms. The largest absolute Gasteiger partial charge is 0.506 e. The van der Waals surface area contributed by atoms with Crippen molar-refractivity contribution in [2.45, 2.75) is 20.5 Å². The van der Waals surface area contributed by atoms with Crippen LogP contribution in [0.2, 0.25) is 10.0 Å². The molecule has 214 valence electrons. The third-order valence-corrected chi connectivity index (χ3v) is 7.45. The van der Waals surface area contributed by atoms with Gasteiger partial charge in [-0.3, -0.25) is 4.79 Å². The summed E-state index contributed by atoms with van der Waals surface area (Å²) in [6.45, 7) is 3.89. The van der Waals surface area contributed by atoms with Crippen LogP contribution in [0.15, 0.2) is 81.9 Å². The van der Waals surface area contributed by atoms with Gasteiger partial charge in [-0.1, -0.05) is 65.3 Å². The lowest BCUT2D eigenvalue weighted by atomic mass is 10.1. The Morgan fingerprint density at radius 1 is 1.02 bits per heavy atom. The minimum atomic E-state index is -0.828. The molecule has 0 unspecified atom stereocenters. The van der Waals surface area contributed by atoms with E-state index in [4.69, 9.17) is 37.4 Å². The molecule has 0 aromatic heterocycles. The fourth-order valence-electron chi connectivity index (χ4n) is 3.91. The molecule has 0 saturated heterocycles. The number of carbonyl (C=O) groups excluding carboxylic acids is 2. The molecule has 0 radical (unpaired) electrons. The Bertz CT molecular complexity index is 1680. The maximum Gasteiger partial charge on any atom is 0.344 e. The summed E-state index contributed by atoms with van der Waals surface area (Å²) in [5.74, 6) is -1.28. The van der Waals surface area contributed by atoms with Crippen molar-refractivity contribution in [1.82, 2.24) is 0 Å². The van der Waals surface area contributed by atoms with Crippen molar-refractivity contribution in [1.29, 1.82) is 5.26 Å². The van der Waals surface area contributed by atoms with Crippen molar-refractivity contribution in [3.05, 3.63) is 109 Å². The van der Waals surface area contributed by atoms with Crippen molar-refractivity contribution >= 4 is 58.0 Å². The molecule has 1 amide bonds. The zero-order valence-electron chi connectivity index (χ0n) is 22.5. The Morgan fingerprint density at radius 2 is 1.76 bits per heavy atom. The second-order valence-electron chi connectivity index (χ2n) is 8.58. The number of hydrogen-bond donors (Lipinski definition) is 1. The monoisotopic (exact) mass is 622 g/mol. The van der Waals surface area contributed by atoms with E-state index in [1.807, 2.05) is 6.07 Å². The van der Waals surface area contributed by atoms with Gasteiger partial charge in [0.15, 0.2) is 11.5 Å². The highest BCUT2D eigenvalue weighted by Gasteiger charge is 2.34. The smallest absolute Gasteiger partial charge is 0.344 e. The van der Waals surface area contributed by atoms with Gasteiger partial charge in [-0.15, -0.1) is 0 Å². The average molecular weight is 624 g/mol. The van der Waals surface area contributed by atoms with Crippen LogP contribution in [0.5, 0.6) is 11.5 Å². The van der Waals surface area contributed by atoms with Gasteiger partial charge >= 0.3 is 5.97 Å². The first-order valence-corrected chi connectivity index (χ1v) is 14.3. The van der Waals surface area contributed by atoms with E-state index in [0.717, 1.165) is 11.8 Å². The Morgan fingerprint density at radius 3 is 2.48 bits per heavy atom. The maximum absolute atomic E-state index is 12.9. The fraction of sp³-hybridized carbons (Fsp3) is 0.161. The predicted molar refractivity (Wildman–Crippen MR) is 163 cm³/mol. The number of benzene rings is 3. The predicted octanol–water partition coefficient (Wildman–Crippen LogP) is 7.54. The zero-order chi connectivity index (χ0) is 30.2. The second kappa shape index (κ2) is 14.1. The van der Waals surface area contributed by atoms with Crippen molar-refractivity contribution in [2.24, 2.45) is 4.99 Å². The lowest BCUT2D eigenvalue weighted by molar-refractivity contribution is -0.138. The van der Waals surface area contributed by atoms with E-state index in [9.17, 15) is 20.0 Å². The van der Waals surface area contributed by atoms with Gasteiger partial charge in [0, 0.05) is 5.56 Å². The third kappa shape index (κ3) is 6.97. The van der Waals surface area contributed by atoms with Crippen LogP contribution in [0, 0.1) is 11.3 Å². The van der Waals surface area contributed by atoms with Gasteiger partial charge in [0.2, 0.25) is 0 Å². The van der Waals surface area contributed by atoms with Crippen molar-refractivity contribution in [3.8, 4) is 17.6 Å². The molecular weight excluding hydrogens is 599 g/mol. The summed E-state index contributed by atoms with van der Waals surface area (Å²) in [5, 5.41) is 20.8. The molecule has 0 aliphatic carbocycles. The SMILES string of the molecule is CCOC(=O)C1=C(O)/C(=C/c2cc(Cl)c(OCc3ccccc3C#N)c(OCC)c2)SC1=NC(=O)c1ccccc1Cl. The number of thioether (sulfide) groups is 1. The van der Waals surface area contributed by atoms with Crippen LogP contribution in [0.25, 0.3) is 6.08 Å². The van der Waals surface area contributed by atoms with E-state index in [1.54, 1.807) is 68.5 Å². The first-order valence-electron chi connectivity index (χ1n) is 12.7. The number of aliphatic hydroxyl groups excluding tert-OH is 1. The average Bonchev–Trinajstić information content (AvgIpc) is 3.27. The number of halogens is 2. The van der Waals surface area contributed by atoms with Crippen LogP contribution in [0.4, 0.5) is 0 Å². The number of aliphatic imine (C=N–C) groups is 1. The fourth-order valence-corrected chi connectivity index (χ4v) is 5.41. The first kappa shape index (κ1) is 30.7. The molecule has 0 spiro atoms. The molecule has 1 aliphatic rings. The Hall–Kier alpha value is -4.23. The Labute approximate surface area is 256 Å². The lowest BCUT2D eigenvalue weighted by Gasteiger charge is -2.15. The molecule has 8 nitrogen and oxygen atoms in total. The van der Waals surface area contributed by atoms with Crippen LogP contribution in [0.1, 0.15) is 40.9 Å². The van der Waals surface area contributed by atoms with Gasteiger partial charge in [-0.2, -0.15) is 5.26 Å². The number of nitriles is 1. The number of nitrogens with zero attached hydrogens (tertiary/aromatic N) is 2. The molecule has 1 aliphatic heterocycles. The number of rotatable bonds is 9. The van der Waals surface area contributed by atoms with Gasteiger partial charge in [0.05, 0.1) is 45.4 Å². The minimum absolute atomic E-state index is 0.0330. The van der Waals surface area contributed by atoms with Gasteiger partial charge in [0.1, 0.15) is 23.0 Å². The third-order valence-electron chi connectivity index (χ3n) is 5.82. The molecular formula is C31H24Cl2N2O6S. The number of hydrogen-bond acceptors (Lipinski definition) is 8. The molecule has 3 aromatic carbocycles. The summed E-state index contributed by atoms with van der Waals surface area (Å²) in [4.78, 5) is 30.0. The summed E-state index contributed by atoms with van der Waals surface area (Å²) in [6, 6.07) is 18.8. The normalized spacial score (nSPS) is 14.6. The van der Waals surface area contributed by atoms with E-state index in [2.05, 4.69) is 11.1 Å². The molecule has 1 N–H and O–H groups in total. The summed E-state index contributed by atoms with van der Waals surface area (Å²) < 4.78 is 16.9. The van der Waals surface area contributed by atoms with Gasteiger partial charge in [0.25, 0.3) is 5.91 Å². The van der Waals surface area contributed by atoms with E-state index in [0.29, 0.717) is 29.0 Å². The van der Waals surface area contributed by atoms with E-state index >= 15 is 0 Å². The highest BCUT2D eigenvalue weighted by molar-refractivity contribution is 8.18. The second-order valence-corrected chi connectivity index (χ2v) is 10.4. The van der Waals surface area contributed by atoms with E-state index in [1.165, 1.54) is 6.07 Å². The molecule has 11 heteroatoms. The number of amides is 1. The highest BCUT2D eigenvalue weighted by Crippen LogP contribution is 2.42. The van der Waals surface area contributed by atoms with Crippen LogP contribution in [-0.4, -0.2) is 35.2 Å². The number of aliphatic hydroxyl groups is 1. The van der Waals surface area contributed by atoms with Crippen molar-refractivity contribution in [2.75, 3.05) is 13.2 Å². The van der Waals surface area contributed by atoms with Crippen LogP contribution < -0.4 is 9.47 Å². The van der Waals surface area contributed by atoms with Gasteiger partial charge in [-0.25, -0.2) is 9.79 Å². The number of ether oxygens (including phenoxy) is 3. The lowest BCUT2D eigenvalue weighted by Crippen LogP contribution is -2.14. The molecule has 0 fully saturated rings. The van der Waals surface area contributed by atoms with Crippen molar-refractivity contribution in [3.63, 3.8) is 0 Å². The zero-order valence-corrected chi connectivity index (χ0v) is 24.8. The van der Waals surface area contributed by atoms with Gasteiger partial charge in [-0.05, 0) is 55.8 Å². The summed E-state index contributed by atoms with van der Waals surface area (Å²) in [6.07, 6.45) is 1.57. The molecule has 0 saturated carbocycles. The van der Waals surface area contributed by atoms with Crippen LogP contribution in [0.3, 0.4) is 0 Å². The number of esters is 1. The van der Waals surface area contributed by atoms with Crippen molar-refractivity contribution < 1.29 is 28.9 Å². The maximum atomic E-state index is 12.9. The van der Waals surface area contributed by atoms with E-state index < -0.39 is 17.6 Å². The highest BCUT2D eigenvalue weighted by atomic mass is 35.5. The minimum Gasteiger partial charge on any atom is -0.506 e. The molecule has 0 bridgehead atoms. The standard InChI is InChI=1S/C31H24Cl2N2O6S/c1-3-39-24-14-18(13-23(33)28(24)41-17-20-10-6-5-9-19(20)16-34)15-25-27(36)26(31(38)40-4-2)30(42-25)35-29(37)21-11-7-8-12-22(21)32/h5-15,36H,3-4,17H2,1-2H3/b25-15-,35-30?. The molecule has 0 atom stereocenters. The van der Waals surface area contributed by atoms with Crippen LogP contribution >= 0.6 is 35.0 Å². The molecule has 3 aromatic rings. The Balaban J connectivity index is 1.69. The molecule has 4 rings (SSSR count). The van der Waals surface area contributed by atoms with Crippen LogP contribution in [-0.2, 0) is 16.1 Å². The topological polar surface area (TPSA) is 118 Å². The van der Waals surface area contributed by atoms with E-state index in [-0.39, 0.29) is 50.1 Å². The summed E-state index contributed by atoms with van der Waals surface area (Å²) in [5.41, 5.74) is 1.60. The summed E-state index contributed by atoms with van der Waals surface area (Å²) >= 11 is 13.7. The van der Waals surface area contributed by atoms with Gasteiger partial charge < -0.3 is 19.3 Å². The quantitative estimate of drug-likeness (QED) is 0.243. The first-order chi connectivity index (χ1) is 20.3.